The Hall–Kier alpha value is -2.69. The number of methoxy groups -OCH3 is 1. The van der Waals surface area contributed by atoms with Gasteiger partial charge in [-0.2, -0.15) is 0 Å². The third-order valence-corrected chi connectivity index (χ3v) is 4.54. The number of carbonyl (C=O) groups excluding carboxylic acids is 1. The molecular weight excluding hydrogens is 314 g/mol. The van der Waals surface area contributed by atoms with E-state index in [1.165, 1.54) is 24.1 Å². The third kappa shape index (κ3) is 4.05. The van der Waals surface area contributed by atoms with E-state index in [4.69, 9.17) is 4.74 Å². The number of nitrogens with zero attached hydrogens (tertiary/aromatic N) is 2. The monoisotopic (exact) mass is 339 g/mol. The van der Waals surface area contributed by atoms with Gasteiger partial charge in [-0.05, 0) is 36.6 Å². The van der Waals surface area contributed by atoms with Crippen molar-refractivity contribution in [2.75, 3.05) is 37.5 Å². The first-order chi connectivity index (χ1) is 12.2. The van der Waals surface area contributed by atoms with Crippen LogP contribution >= 0.6 is 0 Å². The Kier molecular flexibility index (Phi) is 5.43. The zero-order valence-corrected chi connectivity index (χ0v) is 14.9. The SMILES string of the molecule is COc1ccccc1NC(=O)N(C)Cc1ccccc1N1CCCC1. The van der Waals surface area contributed by atoms with E-state index in [1.54, 1.807) is 12.0 Å². The normalized spacial score (nSPS) is 13.6. The molecule has 25 heavy (non-hydrogen) atoms. The Balaban J connectivity index is 1.69. The van der Waals surface area contributed by atoms with E-state index < -0.39 is 0 Å². The van der Waals surface area contributed by atoms with Crippen molar-refractivity contribution in [3.8, 4) is 5.75 Å². The van der Waals surface area contributed by atoms with Crippen LogP contribution in [0, 0.1) is 0 Å². The van der Waals surface area contributed by atoms with Crippen molar-refractivity contribution in [3.05, 3.63) is 54.1 Å². The van der Waals surface area contributed by atoms with Gasteiger partial charge in [-0.15, -0.1) is 0 Å². The lowest BCUT2D eigenvalue weighted by molar-refractivity contribution is 0.220. The van der Waals surface area contributed by atoms with Crippen LogP contribution in [-0.4, -0.2) is 38.2 Å². The maximum Gasteiger partial charge on any atom is 0.321 e. The Morgan fingerprint density at radius 2 is 1.80 bits per heavy atom. The van der Waals surface area contributed by atoms with Crippen molar-refractivity contribution >= 4 is 17.4 Å². The number of hydrogen-bond acceptors (Lipinski definition) is 3. The van der Waals surface area contributed by atoms with Crippen LogP contribution in [0.4, 0.5) is 16.2 Å². The highest BCUT2D eigenvalue weighted by molar-refractivity contribution is 5.90. The maximum atomic E-state index is 12.6. The number of amides is 2. The highest BCUT2D eigenvalue weighted by Gasteiger charge is 2.18. The van der Waals surface area contributed by atoms with Gasteiger partial charge < -0.3 is 19.9 Å². The van der Waals surface area contributed by atoms with Crippen LogP contribution < -0.4 is 15.0 Å². The van der Waals surface area contributed by atoms with Gasteiger partial charge >= 0.3 is 6.03 Å². The molecule has 1 N–H and O–H groups in total. The fourth-order valence-electron chi connectivity index (χ4n) is 3.20. The molecule has 1 fully saturated rings. The van der Waals surface area contributed by atoms with Gasteiger partial charge in [0.2, 0.25) is 0 Å². The molecule has 0 radical (unpaired) electrons. The largest absolute Gasteiger partial charge is 0.495 e. The number of carbonyl (C=O) groups is 1. The molecule has 3 rings (SSSR count). The molecule has 2 aromatic carbocycles. The van der Waals surface area contributed by atoms with Gasteiger partial charge in [0, 0.05) is 32.4 Å². The second kappa shape index (κ2) is 7.92. The summed E-state index contributed by atoms with van der Waals surface area (Å²) in [5, 5.41) is 2.92. The fourth-order valence-corrected chi connectivity index (χ4v) is 3.20. The van der Waals surface area contributed by atoms with Gasteiger partial charge in [0.05, 0.1) is 12.8 Å². The van der Waals surface area contributed by atoms with Crippen molar-refractivity contribution in [3.63, 3.8) is 0 Å². The topological polar surface area (TPSA) is 44.8 Å². The van der Waals surface area contributed by atoms with E-state index in [-0.39, 0.29) is 6.03 Å². The predicted molar refractivity (Wildman–Crippen MR) is 101 cm³/mol. The Labute approximate surface area is 149 Å². The summed E-state index contributed by atoms with van der Waals surface area (Å²) >= 11 is 0. The van der Waals surface area contributed by atoms with Crippen LogP contribution in [0.15, 0.2) is 48.5 Å². The molecule has 1 heterocycles. The van der Waals surface area contributed by atoms with Gasteiger partial charge in [0.1, 0.15) is 5.75 Å². The number of anilines is 2. The molecule has 0 aromatic heterocycles. The lowest BCUT2D eigenvalue weighted by Crippen LogP contribution is -2.31. The Bertz CT molecular complexity index is 726. The molecule has 1 aliphatic heterocycles. The number of hydrogen-bond donors (Lipinski definition) is 1. The second-order valence-corrected chi connectivity index (χ2v) is 6.31. The van der Waals surface area contributed by atoms with Crippen LogP contribution in [0.25, 0.3) is 0 Å². The molecule has 0 bridgehead atoms. The summed E-state index contributed by atoms with van der Waals surface area (Å²) < 4.78 is 5.29. The minimum absolute atomic E-state index is 0.152. The zero-order valence-electron chi connectivity index (χ0n) is 14.9. The van der Waals surface area contributed by atoms with E-state index in [2.05, 4.69) is 28.4 Å². The molecule has 0 aliphatic carbocycles. The van der Waals surface area contributed by atoms with Gasteiger partial charge in [-0.1, -0.05) is 30.3 Å². The van der Waals surface area contributed by atoms with Crippen molar-refractivity contribution < 1.29 is 9.53 Å². The first-order valence-corrected chi connectivity index (χ1v) is 8.67. The molecule has 2 aromatic rings. The van der Waals surface area contributed by atoms with Crippen LogP contribution in [-0.2, 0) is 6.54 Å². The lowest BCUT2D eigenvalue weighted by Gasteiger charge is -2.25. The number of ether oxygens (including phenoxy) is 1. The fraction of sp³-hybridized carbons (Fsp3) is 0.350. The highest BCUT2D eigenvalue weighted by Crippen LogP contribution is 2.26. The van der Waals surface area contributed by atoms with E-state index >= 15 is 0 Å². The van der Waals surface area contributed by atoms with Gasteiger partial charge in [-0.25, -0.2) is 4.79 Å². The minimum Gasteiger partial charge on any atom is -0.495 e. The van der Waals surface area contributed by atoms with Crippen LogP contribution in [0.3, 0.4) is 0 Å². The van der Waals surface area contributed by atoms with E-state index in [0.29, 0.717) is 18.0 Å². The summed E-state index contributed by atoms with van der Waals surface area (Å²) in [4.78, 5) is 16.7. The van der Waals surface area contributed by atoms with Gasteiger partial charge in [0.15, 0.2) is 0 Å². The highest BCUT2D eigenvalue weighted by atomic mass is 16.5. The van der Waals surface area contributed by atoms with Crippen molar-refractivity contribution in [2.45, 2.75) is 19.4 Å². The van der Waals surface area contributed by atoms with Gasteiger partial charge in [0.25, 0.3) is 0 Å². The molecule has 1 saturated heterocycles. The molecule has 0 atom stereocenters. The smallest absolute Gasteiger partial charge is 0.321 e. The van der Waals surface area contributed by atoms with Crippen LogP contribution in [0.5, 0.6) is 5.75 Å². The lowest BCUT2D eigenvalue weighted by atomic mass is 10.1. The molecule has 0 spiro atoms. The van der Waals surface area contributed by atoms with Crippen molar-refractivity contribution in [1.29, 1.82) is 0 Å². The molecule has 0 unspecified atom stereocenters. The quantitative estimate of drug-likeness (QED) is 0.897. The first kappa shape index (κ1) is 17.1. The second-order valence-electron chi connectivity index (χ2n) is 6.31. The van der Waals surface area contributed by atoms with E-state index in [0.717, 1.165) is 13.1 Å². The molecule has 1 aliphatic rings. The maximum absolute atomic E-state index is 12.6. The predicted octanol–water partition coefficient (Wildman–Crippen LogP) is 3.96. The number of rotatable bonds is 5. The Morgan fingerprint density at radius 3 is 2.56 bits per heavy atom. The summed E-state index contributed by atoms with van der Waals surface area (Å²) in [6.45, 7) is 2.75. The van der Waals surface area contributed by atoms with E-state index in [9.17, 15) is 4.79 Å². The van der Waals surface area contributed by atoms with E-state index in [1.807, 2.05) is 37.4 Å². The van der Waals surface area contributed by atoms with Crippen LogP contribution in [0.1, 0.15) is 18.4 Å². The average molecular weight is 339 g/mol. The average Bonchev–Trinajstić information content (AvgIpc) is 3.17. The summed E-state index contributed by atoms with van der Waals surface area (Å²) in [6.07, 6.45) is 2.47. The summed E-state index contributed by atoms with van der Waals surface area (Å²) in [7, 11) is 3.41. The first-order valence-electron chi connectivity index (χ1n) is 8.67. The van der Waals surface area contributed by atoms with Gasteiger partial charge in [-0.3, -0.25) is 0 Å². The molecule has 132 valence electrons. The minimum atomic E-state index is -0.152. The third-order valence-electron chi connectivity index (χ3n) is 4.54. The summed E-state index contributed by atoms with van der Waals surface area (Å²) in [5.41, 5.74) is 3.08. The number of para-hydroxylation sites is 3. The standard InChI is InChI=1S/C20H25N3O2/c1-22(20(24)21-17-10-4-6-12-19(17)25-2)15-16-9-3-5-11-18(16)23-13-7-8-14-23/h3-6,9-12H,7-8,13-15H2,1-2H3,(H,21,24). The molecule has 5 nitrogen and oxygen atoms in total. The van der Waals surface area contributed by atoms with Crippen LogP contribution in [0.2, 0.25) is 0 Å². The summed E-state index contributed by atoms with van der Waals surface area (Å²) in [6, 6.07) is 15.6. The molecular formula is C20H25N3O2. The molecule has 0 saturated carbocycles. The summed E-state index contributed by atoms with van der Waals surface area (Å²) in [5.74, 6) is 0.654. The zero-order chi connectivity index (χ0) is 17.6. The van der Waals surface area contributed by atoms with Crippen molar-refractivity contribution in [2.24, 2.45) is 0 Å². The Morgan fingerprint density at radius 1 is 1.12 bits per heavy atom. The number of benzene rings is 2. The van der Waals surface area contributed by atoms with Crippen molar-refractivity contribution in [1.82, 2.24) is 4.90 Å². The molecule has 5 heteroatoms. The number of urea groups is 1. The molecule has 2 amide bonds. The number of nitrogens with one attached hydrogen (secondary N) is 1.